The summed E-state index contributed by atoms with van der Waals surface area (Å²) in [6.07, 6.45) is -3.86. The van der Waals surface area contributed by atoms with Gasteiger partial charge in [-0.05, 0) is 37.1 Å². The van der Waals surface area contributed by atoms with Crippen molar-refractivity contribution >= 4 is 27.7 Å². The Hall–Kier alpha value is -1.57. The smallest absolute Gasteiger partial charge is 0.352 e. The maximum Gasteiger partial charge on any atom is 0.393 e. The normalized spacial score (nSPS) is 18.3. The molecule has 1 aliphatic rings. The molecule has 1 atom stereocenters. The fraction of sp³-hybridized carbons (Fsp3) is 0.500. The first kappa shape index (κ1) is 18.8. The van der Waals surface area contributed by atoms with E-state index in [1.54, 1.807) is 24.3 Å². The van der Waals surface area contributed by atoms with E-state index in [-0.39, 0.29) is 37.7 Å². The summed E-state index contributed by atoms with van der Waals surface area (Å²) in [5.74, 6) is -2.13. The van der Waals surface area contributed by atoms with Crippen molar-refractivity contribution in [3.63, 3.8) is 0 Å². The van der Waals surface area contributed by atoms with E-state index in [4.69, 9.17) is 0 Å². The number of hydrogen-bond donors (Lipinski definition) is 1. The van der Waals surface area contributed by atoms with E-state index >= 15 is 0 Å². The van der Waals surface area contributed by atoms with Crippen LogP contribution in [-0.2, 0) is 4.79 Å². The van der Waals surface area contributed by atoms with E-state index in [9.17, 15) is 22.8 Å². The van der Waals surface area contributed by atoms with Crippen molar-refractivity contribution in [2.45, 2.75) is 25.4 Å². The number of nitrogens with zero attached hydrogens (tertiary/aromatic N) is 1. The Balaban J connectivity index is 1.78. The molecule has 1 saturated heterocycles. The second kappa shape index (κ2) is 8.00. The number of nitrogens with one attached hydrogen (secondary N) is 1. The van der Waals surface area contributed by atoms with Gasteiger partial charge in [0.2, 0.25) is 5.91 Å². The molecule has 2 amide bonds. The molecule has 0 spiro atoms. The highest BCUT2D eigenvalue weighted by Gasteiger charge is 2.42. The topological polar surface area (TPSA) is 49.4 Å². The number of amides is 2. The zero-order valence-corrected chi connectivity index (χ0v) is 14.5. The van der Waals surface area contributed by atoms with Gasteiger partial charge in [0.05, 0.1) is 5.92 Å². The minimum atomic E-state index is -4.27. The van der Waals surface area contributed by atoms with Crippen molar-refractivity contribution in [2.75, 3.05) is 19.6 Å². The van der Waals surface area contributed by atoms with Crippen LogP contribution in [0.15, 0.2) is 28.7 Å². The highest BCUT2D eigenvalue weighted by molar-refractivity contribution is 9.10. The molecule has 0 aliphatic carbocycles. The number of carbonyl (C=O) groups is 2. The fourth-order valence-electron chi connectivity index (χ4n) is 2.62. The standard InChI is InChI=1S/C16H18BrF3N2O2/c17-13-5-3-11(4-6-13)15(24)21-8-7-14(23)22-9-1-2-12(10-22)16(18,19)20/h3-6,12H,1-2,7-10H2,(H,21,24)/t12-/m1/s1. The molecule has 1 N–H and O–H groups in total. The van der Waals surface area contributed by atoms with Gasteiger partial charge in [-0.1, -0.05) is 15.9 Å². The molecule has 0 unspecified atom stereocenters. The Morgan fingerprint density at radius 2 is 1.92 bits per heavy atom. The van der Waals surface area contributed by atoms with Crippen molar-refractivity contribution in [3.05, 3.63) is 34.3 Å². The van der Waals surface area contributed by atoms with Crippen LogP contribution < -0.4 is 5.32 Å². The van der Waals surface area contributed by atoms with E-state index in [0.29, 0.717) is 18.5 Å². The molecule has 1 aliphatic heterocycles. The minimum absolute atomic E-state index is 0.00710. The van der Waals surface area contributed by atoms with Crippen LogP contribution in [0.3, 0.4) is 0 Å². The van der Waals surface area contributed by atoms with Crippen molar-refractivity contribution in [3.8, 4) is 0 Å². The summed E-state index contributed by atoms with van der Waals surface area (Å²) in [6.45, 7) is 0.149. The maximum atomic E-state index is 12.8. The zero-order chi connectivity index (χ0) is 17.7. The summed E-state index contributed by atoms with van der Waals surface area (Å²) in [4.78, 5) is 25.2. The van der Waals surface area contributed by atoms with Gasteiger partial charge in [-0.3, -0.25) is 9.59 Å². The lowest BCUT2D eigenvalue weighted by molar-refractivity contribution is -0.188. The van der Waals surface area contributed by atoms with Crippen LogP contribution in [0, 0.1) is 5.92 Å². The molecular formula is C16H18BrF3N2O2. The van der Waals surface area contributed by atoms with Crippen LogP contribution in [0.4, 0.5) is 13.2 Å². The van der Waals surface area contributed by atoms with Crippen LogP contribution in [0.1, 0.15) is 29.6 Å². The average Bonchev–Trinajstić information content (AvgIpc) is 2.54. The van der Waals surface area contributed by atoms with Crippen LogP contribution in [0.5, 0.6) is 0 Å². The highest BCUT2D eigenvalue weighted by Crippen LogP contribution is 2.33. The molecule has 132 valence electrons. The van der Waals surface area contributed by atoms with Gasteiger partial charge in [0.25, 0.3) is 5.91 Å². The van der Waals surface area contributed by atoms with Crippen molar-refractivity contribution in [1.29, 1.82) is 0 Å². The van der Waals surface area contributed by atoms with Gasteiger partial charge >= 0.3 is 6.18 Å². The first-order valence-corrected chi connectivity index (χ1v) is 8.45. The van der Waals surface area contributed by atoms with E-state index < -0.39 is 12.1 Å². The zero-order valence-electron chi connectivity index (χ0n) is 12.9. The molecule has 0 radical (unpaired) electrons. The molecule has 1 heterocycles. The molecule has 8 heteroatoms. The number of piperidine rings is 1. The van der Waals surface area contributed by atoms with Gasteiger partial charge in [-0.2, -0.15) is 13.2 Å². The van der Waals surface area contributed by atoms with E-state index in [1.807, 2.05) is 0 Å². The first-order valence-electron chi connectivity index (χ1n) is 7.65. The van der Waals surface area contributed by atoms with Crippen LogP contribution in [0.25, 0.3) is 0 Å². The van der Waals surface area contributed by atoms with E-state index in [1.165, 1.54) is 4.90 Å². The van der Waals surface area contributed by atoms with Gasteiger partial charge in [-0.15, -0.1) is 0 Å². The maximum absolute atomic E-state index is 12.8. The van der Waals surface area contributed by atoms with Gasteiger partial charge in [0, 0.05) is 36.1 Å². The lowest BCUT2D eigenvalue weighted by Gasteiger charge is -2.33. The minimum Gasteiger partial charge on any atom is -0.352 e. The first-order chi connectivity index (χ1) is 11.3. The van der Waals surface area contributed by atoms with Gasteiger partial charge in [-0.25, -0.2) is 0 Å². The number of likely N-dealkylation sites (tertiary alicyclic amines) is 1. The lowest BCUT2D eigenvalue weighted by Crippen LogP contribution is -2.45. The number of carbonyl (C=O) groups excluding carboxylic acids is 2. The third-order valence-electron chi connectivity index (χ3n) is 3.97. The third kappa shape index (κ3) is 5.22. The van der Waals surface area contributed by atoms with Crippen molar-refractivity contribution in [2.24, 2.45) is 5.92 Å². The fourth-order valence-corrected chi connectivity index (χ4v) is 2.88. The molecule has 1 fully saturated rings. The molecule has 2 rings (SSSR count). The Morgan fingerprint density at radius 3 is 2.54 bits per heavy atom. The van der Waals surface area contributed by atoms with Gasteiger partial charge < -0.3 is 10.2 Å². The third-order valence-corrected chi connectivity index (χ3v) is 4.50. The van der Waals surface area contributed by atoms with Gasteiger partial charge in [0.15, 0.2) is 0 Å². The van der Waals surface area contributed by atoms with E-state index in [2.05, 4.69) is 21.2 Å². The number of benzene rings is 1. The predicted molar refractivity (Wildman–Crippen MR) is 86.5 cm³/mol. The molecule has 24 heavy (non-hydrogen) atoms. The average molecular weight is 407 g/mol. The highest BCUT2D eigenvalue weighted by atomic mass is 79.9. The quantitative estimate of drug-likeness (QED) is 0.832. The Kier molecular flexibility index (Phi) is 6.26. The number of rotatable bonds is 4. The second-order valence-electron chi connectivity index (χ2n) is 5.73. The van der Waals surface area contributed by atoms with E-state index in [0.717, 1.165) is 4.47 Å². The number of hydrogen-bond acceptors (Lipinski definition) is 2. The van der Waals surface area contributed by atoms with Crippen LogP contribution in [-0.4, -0.2) is 42.5 Å². The second-order valence-corrected chi connectivity index (χ2v) is 6.65. The lowest BCUT2D eigenvalue weighted by atomic mass is 9.97. The molecule has 1 aromatic rings. The molecule has 1 aromatic carbocycles. The summed E-state index contributed by atoms with van der Waals surface area (Å²) in [5.41, 5.74) is 0.459. The molecular weight excluding hydrogens is 389 g/mol. The molecule has 0 aromatic heterocycles. The number of halogens is 4. The Labute approximate surface area is 146 Å². The molecule has 0 saturated carbocycles. The summed E-state index contributed by atoms with van der Waals surface area (Å²) >= 11 is 3.27. The van der Waals surface area contributed by atoms with Crippen molar-refractivity contribution in [1.82, 2.24) is 10.2 Å². The summed E-state index contributed by atoms with van der Waals surface area (Å²) in [7, 11) is 0. The molecule has 0 bridgehead atoms. The van der Waals surface area contributed by atoms with Gasteiger partial charge in [0.1, 0.15) is 0 Å². The summed E-state index contributed by atoms with van der Waals surface area (Å²) in [5, 5.41) is 2.61. The monoisotopic (exact) mass is 406 g/mol. The van der Waals surface area contributed by atoms with Crippen LogP contribution in [0.2, 0.25) is 0 Å². The Bertz CT molecular complexity index is 590. The largest absolute Gasteiger partial charge is 0.393 e. The Morgan fingerprint density at radius 1 is 1.25 bits per heavy atom. The molecule has 4 nitrogen and oxygen atoms in total. The van der Waals surface area contributed by atoms with Crippen molar-refractivity contribution < 1.29 is 22.8 Å². The van der Waals surface area contributed by atoms with Crippen LogP contribution >= 0.6 is 15.9 Å². The summed E-state index contributed by atoms with van der Waals surface area (Å²) < 4.78 is 39.1. The SMILES string of the molecule is O=C(NCCC(=O)N1CCC[C@@H](C(F)(F)F)C1)c1ccc(Br)cc1. The predicted octanol–water partition coefficient (Wildman–Crippen LogP) is 3.37. The summed E-state index contributed by atoms with van der Waals surface area (Å²) in [6, 6.07) is 6.73. The number of alkyl halides is 3.